The van der Waals surface area contributed by atoms with Crippen LogP contribution in [-0.4, -0.2) is 0 Å². The van der Waals surface area contributed by atoms with Gasteiger partial charge in [0.15, 0.2) is 0 Å². The Balaban J connectivity index is -0.0000000716. The van der Waals surface area contributed by atoms with E-state index in [1.165, 1.54) is 70.3 Å². The van der Waals surface area contributed by atoms with Gasteiger partial charge in [-0.1, -0.05) is 63.2 Å². The summed E-state index contributed by atoms with van der Waals surface area (Å²) in [6.07, 6.45) is 31.2. The van der Waals surface area contributed by atoms with E-state index in [2.05, 4.69) is 45.8 Å². The zero-order valence-electron chi connectivity index (χ0n) is 23.0. The van der Waals surface area contributed by atoms with Crippen LogP contribution in [0.5, 0.6) is 0 Å². The normalized spacial score (nSPS) is 27.3. The summed E-state index contributed by atoms with van der Waals surface area (Å²) < 4.78 is 0. The van der Waals surface area contributed by atoms with E-state index in [1.807, 2.05) is 0 Å². The summed E-state index contributed by atoms with van der Waals surface area (Å²) in [6.45, 7) is 22.2. The predicted molar refractivity (Wildman–Crippen MR) is 133 cm³/mol. The number of hydrogen-bond donors (Lipinski definition) is 0. The molecule has 0 nitrogen and oxygen atoms in total. The molecule has 0 aliphatic heterocycles. The van der Waals surface area contributed by atoms with Gasteiger partial charge in [0.05, 0.1) is 0 Å². The van der Waals surface area contributed by atoms with Gasteiger partial charge in [-0.05, 0) is 5.92 Å². The summed E-state index contributed by atoms with van der Waals surface area (Å²) in [5.41, 5.74) is 0.609. The van der Waals surface area contributed by atoms with Crippen molar-refractivity contribution >= 4 is 0 Å². The maximum atomic E-state index is 5.37. The van der Waals surface area contributed by atoms with Crippen molar-refractivity contribution in [2.75, 3.05) is 0 Å². The van der Waals surface area contributed by atoms with Gasteiger partial charge < -0.3 is 82.7 Å². The Bertz CT molecular complexity index is 597. The van der Waals surface area contributed by atoms with Crippen molar-refractivity contribution in [3.8, 4) is 0 Å². The fraction of sp³-hybridized carbons (Fsp3) is 0.581. The van der Waals surface area contributed by atoms with Gasteiger partial charge >= 0.3 is 95.9 Å². The summed E-state index contributed by atoms with van der Waals surface area (Å²) >= 11 is 0. The number of fused-ring (bicyclic) bond motifs is 2. The first-order chi connectivity index (χ1) is 15.1. The molecule has 4 saturated carbocycles. The molecule has 0 amide bonds. The van der Waals surface area contributed by atoms with Crippen LogP contribution in [0.1, 0.15) is 77.0 Å². The Hall–Kier alpha value is 4.88. The van der Waals surface area contributed by atoms with Crippen LogP contribution in [0.3, 0.4) is 0 Å². The fourth-order valence-electron chi connectivity index (χ4n) is 5.97. The van der Waals surface area contributed by atoms with E-state index in [9.17, 15) is 0 Å². The molecule has 0 aromatic carbocycles. The largest absolute Gasteiger partial charge is 3.00 e. The van der Waals surface area contributed by atoms with Crippen LogP contribution in [0.2, 0.25) is 0 Å². The second kappa shape index (κ2) is 37.3. The van der Waals surface area contributed by atoms with Crippen LogP contribution in [0.15, 0.2) is 23.8 Å². The third-order valence-corrected chi connectivity index (χ3v) is 7.63. The standard InChI is InChI=1S/C11H18.C10H16.C10H9.7W.Y/c1-2-9-5-3-6-10-7-4-8-11(9)10;1-8-4-2-5-9-6-3-7-10(8)9;1-4-6-7-8-9-10(3)5-2;;;;;;;;/h5,9-11H,1-4,6-8H2;7-10H,1-6H2;1,3-4,6,8H,2,5H2;;;;;;;;/q2*-2;-5;;;;;3*+2;+3. The van der Waals surface area contributed by atoms with Crippen LogP contribution in [0.25, 0.3) is 0 Å². The first kappa shape index (κ1) is 59.3. The Morgan fingerprint density at radius 1 is 0.846 bits per heavy atom. The quantitative estimate of drug-likeness (QED) is 0.192. The third kappa shape index (κ3) is 23.8. The van der Waals surface area contributed by atoms with E-state index in [0.717, 1.165) is 41.9 Å². The van der Waals surface area contributed by atoms with Gasteiger partial charge in [0.2, 0.25) is 0 Å². The van der Waals surface area contributed by atoms with Crippen LogP contribution in [-0.2, 0) is 180 Å². The maximum Gasteiger partial charge on any atom is 3.00 e. The first-order valence-corrected chi connectivity index (χ1v) is 12.5. The molecular formula is C31H43W7Y. The topological polar surface area (TPSA) is 0 Å². The molecule has 39 heavy (non-hydrogen) atoms. The molecule has 0 N–H and O–H groups in total. The number of rotatable bonds is 5. The predicted octanol–water partition coefficient (Wildman–Crippen LogP) is 8.35. The van der Waals surface area contributed by atoms with Gasteiger partial charge in [0, 0.05) is 84.3 Å². The van der Waals surface area contributed by atoms with Gasteiger partial charge in [0.1, 0.15) is 0 Å². The van der Waals surface area contributed by atoms with E-state index in [4.69, 9.17) is 13.2 Å². The van der Waals surface area contributed by atoms with Crippen molar-refractivity contribution in [1.82, 2.24) is 0 Å². The van der Waals surface area contributed by atoms with E-state index in [-0.39, 0.29) is 180 Å². The molecule has 4 aliphatic carbocycles. The average Bonchev–Trinajstić information content (AvgIpc) is 3.47. The van der Waals surface area contributed by atoms with Crippen LogP contribution in [0, 0.1) is 94.4 Å². The summed E-state index contributed by atoms with van der Waals surface area (Å²) in [7, 11) is 0. The molecule has 0 aromatic heterocycles. The molecule has 0 saturated heterocycles. The maximum absolute atomic E-state index is 5.37. The van der Waals surface area contributed by atoms with Crippen molar-refractivity contribution in [1.29, 1.82) is 0 Å². The molecule has 0 heterocycles. The van der Waals surface area contributed by atoms with Gasteiger partial charge in [-0.3, -0.25) is 0 Å². The van der Waals surface area contributed by atoms with Gasteiger partial charge in [-0.15, -0.1) is 0 Å². The zero-order chi connectivity index (χ0) is 22.5. The van der Waals surface area contributed by atoms with Crippen LogP contribution >= 0.6 is 0 Å². The summed E-state index contributed by atoms with van der Waals surface area (Å²) in [5.74, 6) is 5.65. The van der Waals surface area contributed by atoms with Crippen molar-refractivity contribution in [3.05, 3.63) is 82.7 Å². The van der Waals surface area contributed by atoms with Crippen LogP contribution < -0.4 is 0 Å². The summed E-state index contributed by atoms with van der Waals surface area (Å²) in [4.78, 5) is 0. The fourth-order valence-corrected chi connectivity index (χ4v) is 5.97. The van der Waals surface area contributed by atoms with Gasteiger partial charge in [-0.25, -0.2) is 12.8 Å². The molecule has 0 bridgehead atoms. The van der Waals surface area contributed by atoms with Crippen molar-refractivity contribution < 1.29 is 180 Å². The molecular weight excluding hydrogens is 1750 g/mol. The molecule has 8 heteroatoms. The zero-order valence-corrected chi connectivity index (χ0v) is 46.4. The number of hydrogen-bond acceptors (Lipinski definition) is 0. The molecule has 6 unspecified atom stereocenters. The monoisotopic (exact) mass is 1790 g/mol. The van der Waals surface area contributed by atoms with Crippen molar-refractivity contribution in [2.24, 2.45) is 35.5 Å². The molecule has 0 spiro atoms. The SMILES string of the molecule is [CH-]=CC=[C-]C=[C-]C(=[CH-])C[CH2-].[CH2-]C1CCCC2CC[CH-]C12.[CH2-]CC1[CH-]CCC2CCCC12.[W+2].[W+2].[W+2].[W].[W].[W].[W].[Y+3]. The van der Waals surface area contributed by atoms with Crippen molar-refractivity contribution in [2.45, 2.75) is 77.0 Å². The van der Waals surface area contributed by atoms with E-state index < -0.39 is 0 Å². The Kier molecular flexibility index (Phi) is 56.8. The molecule has 0 radical (unpaired) electrons. The molecule has 4 aliphatic rings. The first-order valence-electron chi connectivity index (χ1n) is 12.5. The Morgan fingerprint density at radius 3 is 1.97 bits per heavy atom. The summed E-state index contributed by atoms with van der Waals surface area (Å²) in [6, 6.07) is 0. The van der Waals surface area contributed by atoms with Crippen molar-refractivity contribution in [3.63, 3.8) is 0 Å². The minimum absolute atomic E-state index is 0. The van der Waals surface area contributed by atoms with E-state index >= 15 is 0 Å². The Morgan fingerprint density at radius 2 is 1.41 bits per heavy atom. The minimum Gasteiger partial charge on any atom is -0.549 e. The average molecular weight is 1790 g/mol. The third-order valence-electron chi connectivity index (χ3n) is 7.63. The Labute approximate surface area is 369 Å². The molecule has 0 aromatic rings. The molecule has 4 fully saturated rings. The molecule has 6 atom stereocenters. The summed E-state index contributed by atoms with van der Waals surface area (Å²) in [5, 5.41) is 0. The van der Waals surface area contributed by atoms with Gasteiger partial charge in [-0.2, -0.15) is 30.6 Å². The smallest absolute Gasteiger partial charge is 0.549 e. The molecule has 4 rings (SSSR count). The van der Waals surface area contributed by atoms with E-state index in [0.29, 0.717) is 12.0 Å². The molecule has 212 valence electrons. The number of allylic oxidation sites excluding steroid dienone is 6. The van der Waals surface area contributed by atoms with E-state index in [1.54, 1.807) is 12.2 Å². The minimum atomic E-state index is 0. The van der Waals surface area contributed by atoms with Gasteiger partial charge in [0.25, 0.3) is 0 Å². The second-order valence-corrected chi connectivity index (χ2v) is 9.55. The second-order valence-electron chi connectivity index (χ2n) is 9.55. The van der Waals surface area contributed by atoms with Crippen LogP contribution in [0.4, 0.5) is 0 Å².